The summed E-state index contributed by atoms with van der Waals surface area (Å²) in [5.74, 6) is -0.467. The van der Waals surface area contributed by atoms with E-state index in [1.807, 2.05) is 19.0 Å². The molecule has 1 rings (SSSR count). The van der Waals surface area contributed by atoms with E-state index in [2.05, 4.69) is 5.32 Å². The second-order valence-electron chi connectivity index (χ2n) is 4.14. The zero-order valence-electron chi connectivity index (χ0n) is 10.1. The number of aliphatic hydroxyl groups is 1. The van der Waals surface area contributed by atoms with Crippen LogP contribution in [-0.2, 0) is 0 Å². The van der Waals surface area contributed by atoms with Crippen molar-refractivity contribution in [3.63, 3.8) is 0 Å². The highest BCUT2D eigenvalue weighted by molar-refractivity contribution is 6.30. The standard InChI is InChI=1S/C12H18ClFN2O/c1-16(2)7-6-15-11(8-17)9-4-3-5-10(13)12(9)14/h3-5,11,15,17H,6-8H2,1-2H3. The molecule has 5 heteroatoms. The summed E-state index contributed by atoms with van der Waals surface area (Å²) in [7, 11) is 3.91. The Morgan fingerprint density at radius 1 is 1.47 bits per heavy atom. The van der Waals surface area contributed by atoms with Gasteiger partial charge in [-0.1, -0.05) is 23.7 Å². The maximum absolute atomic E-state index is 13.7. The number of nitrogens with one attached hydrogen (secondary N) is 1. The molecular weight excluding hydrogens is 243 g/mol. The molecule has 0 fully saturated rings. The van der Waals surface area contributed by atoms with E-state index in [0.717, 1.165) is 6.54 Å². The lowest BCUT2D eigenvalue weighted by molar-refractivity contribution is 0.237. The molecule has 0 aliphatic heterocycles. The number of halogens is 2. The summed E-state index contributed by atoms with van der Waals surface area (Å²) in [6.45, 7) is 1.33. The van der Waals surface area contributed by atoms with E-state index in [1.54, 1.807) is 12.1 Å². The normalized spacial score (nSPS) is 13.1. The van der Waals surface area contributed by atoms with Crippen molar-refractivity contribution >= 4 is 11.6 Å². The highest BCUT2D eigenvalue weighted by Crippen LogP contribution is 2.23. The summed E-state index contributed by atoms with van der Waals surface area (Å²) < 4.78 is 13.7. The van der Waals surface area contributed by atoms with Crippen molar-refractivity contribution in [1.29, 1.82) is 0 Å². The van der Waals surface area contributed by atoms with Crippen molar-refractivity contribution in [2.75, 3.05) is 33.8 Å². The molecule has 1 aromatic carbocycles. The van der Waals surface area contributed by atoms with Crippen LogP contribution >= 0.6 is 11.6 Å². The third-order valence-corrected chi connectivity index (χ3v) is 2.78. The van der Waals surface area contributed by atoms with Gasteiger partial charge in [0.2, 0.25) is 0 Å². The van der Waals surface area contributed by atoms with E-state index < -0.39 is 11.9 Å². The first-order chi connectivity index (χ1) is 8.06. The quantitative estimate of drug-likeness (QED) is 0.817. The number of likely N-dealkylation sites (N-methyl/N-ethyl adjacent to an activating group) is 1. The molecule has 0 radical (unpaired) electrons. The highest BCUT2D eigenvalue weighted by Gasteiger charge is 2.15. The van der Waals surface area contributed by atoms with Gasteiger partial charge < -0.3 is 15.3 Å². The Labute approximate surface area is 106 Å². The van der Waals surface area contributed by atoms with Gasteiger partial charge in [-0.05, 0) is 20.2 Å². The van der Waals surface area contributed by atoms with Crippen molar-refractivity contribution in [3.05, 3.63) is 34.6 Å². The minimum atomic E-state index is -0.467. The van der Waals surface area contributed by atoms with E-state index in [4.69, 9.17) is 11.6 Å². The van der Waals surface area contributed by atoms with E-state index in [1.165, 1.54) is 6.07 Å². The predicted molar refractivity (Wildman–Crippen MR) is 67.8 cm³/mol. The van der Waals surface area contributed by atoms with Crippen LogP contribution in [0.5, 0.6) is 0 Å². The summed E-state index contributed by atoms with van der Waals surface area (Å²) in [5.41, 5.74) is 0.402. The molecule has 17 heavy (non-hydrogen) atoms. The first kappa shape index (κ1) is 14.4. The Morgan fingerprint density at radius 3 is 2.76 bits per heavy atom. The predicted octanol–water partition coefficient (Wildman–Crippen LogP) is 1.66. The molecule has 0 saturated carbocycles. The number of hydrogen-bond acceptors (Lipinski definition) is 3. The molecule has 2 N–H and O–H groups in total. The Hall–Kier alpha value is -0.680. The summed E-state index contributed by atoms with van der Waals surface area (Å²) in [5, 5.41) is 12.4. The van der Waals surface area contributed by atoms with E-state index >= 15 is 0 Å². The van der Waals surface area contributed by atoms with Crippen molar-refractivity contribution in [1.82, 2.24) is 10.2 Å². The van der Waals surface area contributed by atoms with Crippen LogP contribution in [0.2, 0.25) is 5.02 Å². The van der Waals surface area contributed by atoms with Crippen LogP contribution in [0.15, 0.2) is 18.2 Å². The molecule has 0 aliphatic rings. The van der Waals surface area contributed by atoms with Crippen LogP contribution in [0, 0.1) is 5.82 Å². The minimum absolute atomic E-state index is 0.0790. The fraction of sp³-hybridized carbons (Fsp3) is 0.500. The van der Waals surface area contributed by atoms with Gasteiger partial charge in [-0.15, -0.1) is 0 Å². The second kappa shape index (κ2) is 6.91. The van der Waals surface area contributed by atoms with E-state index in [0.29, 0.717) is 12.1 Å². The Morgan fingerprint density at radius 2 is 2.18 bits per heavy atom. The lowest BCUT2D eigenvalue weighted by atomic mass is 10.1. The van der Waals surface area contributed by atoms with Gasteiger partial charge >= 0.3 is 0 Å². The van der Waals surface area contributed by atoms with Crippen molar-refractivity contribution < 1.29 is 9.50 Å². The topological polar surface area (TPSA) is 35.5 Å². The van der Waals surface area contributed by atoms with Crippen LogP contribution in [0.4, 0.5) is 4.39 Å². The molecule has 0 aliphatic carbocycles. The fourth-order valence-corrected chi connectivity index (χ4v) is 1.71. The maximum Gasteiger partial charge on any atom is 0.146 e. The largest absolute Gasteiger partial charge is 0.394 e. The van der Waals surface area contributed by atoms with Gasteiger partial charge in [0.15, 0.2) is 0 Å². The summed E-state index contributed by atoms with van der Waals surface area (Å²) in [4.78, 5) is 2.01. The molecule has 96 valence electrons. The highest BCUT2D eigenvalue weighted by atomic mass is 35.5. The van der Waals surface area contributed by atoms with Crippen LogP contribution in [0.3, 0.4) is 0 Å². The molecule has 3 nitrogen and oxygen atoms in total. The minimum Gasteiger partial charge on any atom is -0.394 e. The first-order valence-electron chi connectivity index (χ1n) is 5.49. The zero-order chi connectivity index (χ0) is 12.8. The van der Waals surface area contributed by atoms with Crippen molar-refractivity contribution in [2.24, 2.45) is 0 Å². The smallest absolute Gasteiger partial charge is 0.146 e. The fourth-order valence-electron chi connectivity index (χ4n) is 1.52. The van der Waals surface area contributed by atoms with Crippen LogP contribution in [0.1, 0.15) is 11.6 Å². The lowest BCUT2D eigenvalue weighted by Gasteiger charge is -2.19. The molecular formula is C12H18ClFN2O. The molecule has 0 saturated heterocycles. The van der Waals surface area contributed by atoms with Gasteiger partial charge in [0.1, 0.15) is 5.82 Å². The van der Waals surface area contributed by atoms with Gasteiger partial charge in [-0.25, -0.2) is 4.39 Å². The monoisotopic (exact) mass is 260 g/mol. The number of hydrogen-bond donors (Lipinski definition) is 2. The van der Waals surface area contributed by atoms with Crippen LogP contribution in [0.25, 0.3) is 0 Å². The van der Waals surface area contributed by atoms with Crippen molar-refractivity contribution in [3.8, 4) is 0 Å². The van der Waals surface area contributed by atoms with Crippen molar-refractivity contribution in [2.45, 2.75) is 6.04 Å². The van der Waals surface area contributed by atoms with Crippen LogP contribution in [-0.4, -0.2) is 43.8 Å². The molecule has 1 unspecified atom stereocenters. The maximum atomic E-state index is 13.7. The number of benzene rings is 1. The molecule has 0 spiro atoms. The van der Waals surface area contributed by atoms with Gasteiger partial charge in [0, 0.05) is 18.7 Å². The number of nitrogens with zero attached hydrogens (tertiary/aromatic N) is 1. The third kappa shape index (κ3) is 4.24. The average Bonchev–Trinajstić information content (AvgIpc) is 2.28. The summed E-state index contributed by atoms with van der Waals surface area (Å²) >= 11 is 5.71. The van der Waals surface area contributed by atoms with E-state index in [9.17, 15) is 9.50 Å². The molecule has 0 bridgehead atoms. The van der Waals surface area contributed by atoms with Gasteiger partial charge in [0.25, 0.3) is 0 Å². The molecule has 0 heterocycles. The first-order valence-corrected chi connectivity index (χ1v) is 5.87. The average molecular weight is 261 g/mol. The zero-order valence-corrected chi connectivity index (χ0v) is 10.8. The Kier molecular flexibility index (Phi) is 5.85. The summed E-state index contributed by atoms with van der Waals surface area (Å²) in [6, 6.07) is 4.38. The molecule has 0 aromatic heterocycles. The second-order valence-corrected chi connectivity index (χ2v) is 4.54. The summed E-state index contributed by atoms with van der Waals surface area (Å²) in [6.07, 6.45) is 0. The van der Waals surface area contributed by atoms with Gasteiger partial charge in [0.05, 0.1) is 17.7 Å². The van der Waals surface area contributed by atoms with Crippen LogP contribution < -0.4 is 5.32 Å². The SMILES string of the molecule is CN(C)CCNC(CO)c1cccc(Cl)c1F. The van der Waals surface area contributed by atoms with E-state index in [-0.39, 0.29) is 11.6 Å². The Bertz CT molecular complexity index is 360. The molecule has 1 aromatic rings. The third-order valence-electron chi connectivity index (χ3n) is 2.49. The van der Waals surface area contributed by atoms with Gasteiger partial charge in [-0.3, -0.25) is 0 Å². The lowest BCUT2D eigenvalue weighted by Crippen LogP contribution is -2.32. The number of aliphatic hydroxyl groups excluding tert-OH is 1. The molecule has 0 amide bonds. The Balaban J connectivity index is 2.69. The van der Waals surface area contributed by atoms with Gasteiger partial charge in [-0.2, -0.15) is 0 Å². The number of rotatable bonds is 6. The molecule has 1 atom stereocenters.